The van der Waals surface area contributed by atoms with Crippen LogP contribution in [0.3, 0.4) is 0 Å². The number of nitrogens with zero attached hydrogens (tertiary/aromatic N) is 5. The summed E-state index contributed by atoms with van der Waals surface area (Å²) < 4.78 is 16.7. The third-order valence-electron chi connectivity index (χ3n) is 5.75. The largest absolute Gasteiger partial charge is 0.322 e. The molecule has 1 amide bonds. The van der Waals surface area contributed by atoms with Gasteiger partial charge in [0.25, 0.3) is 5.91 Å². The van der Waals surface area contributed by atoms with Crippen LogP contribution in [0.15, 0.2) is 42.7 Å². The molecule has 0 aliphatic carbocycles. The first kappa shape index (κ1) is 20.3. The number of aromatic nitrogens is 4. The molecule has 3 aromatic rings. The van der Waals surface area contributed by atoms with Crippen LogP contribution in [-0.4, -0.2) is 43.5 Å². The average Bonchev–Trinajstić information content (AvgIpc) is 3.30. The van der Waals surface area contributed by atoms with Gasteiger partial charge in [-0.3, -0.25) is 19.1 Å². The second-order valence-corrected chi connectivity index (χ2v) is 7.99. The molecule has 1 fully saturated rings. The van der Waals surface area contributed by atoms with Gasteiger partial charge < -0.3 is 5.32 Å². The summed E-state index contributed by atoms with van der Waals surface area (Å²) in [4.78, 5) is 15.2. The Labute approximate surface area is 175 Å². The average molecular weight is 410 g/mol. The summed E-state index contributed by atoms with van der Waals surface area (Å²) >= 11 is 0. The maximum atomic E-state index is 13.1. The Morgan fingerprint density at radius 1 is 1.17 bits per heavy atom. The molecule has 2 aromatic heterocycles. The van der Waals surface area contributed by atoms with Crippen molar-refractivity contribution in [1.29, 1.82) is 0 Å². The molecule has 0 atom stereocenters. The Balaban J connectivity index is 1.35. The van der Waals surface area contributed by atoms with Gasteiger partial charge in [-0.15, -0.1) is 0 Å². The zero-order valence-corrected chi connectivity index (χ0v) is 17.4. The number of carbonyl (C=O) groups is 1. The number of amides is 1. The molecule has 0 saturated carbocycles. The van der Waals surface area contributed by atoms with Crippen molar-refractivity contribution in [2.45, 2.75) is 25.8 Å². The Bertz CT molecular complexity index is 1000. The number of piperidine rings is 1. The highest BCUT2D eigenvalue weighted by atomic mass is 19.1. The molecule has 30 heavy (non-hydrogen) atoms. The van der Waals surface area contributed by atoms with Crippen LogP contribution >= 0.6 is 0 Å². The lowest BCUT2D eigenvalue weighted by Crippen LogP contribution is -2.34. The zero-order valence-electron chi connectivity index (χ0n) is 17.4. The minimum absolute atomic E-state index is 0.210. The quantitative estimate of drug-likeness (QED) is 0.678. The molecule has 0 unspecified atom stereocenters. The van der Waals surface area contributed by atoms with Crippen LogP contribution < -0.4 is 5.32 Å². The predicted molar refractivity (Wildman–Crippen MR) is 112 cm³/mol. The van der Waals surface area contributed by atoms with Gasteiger partial charge in [0.05, 0.1) is 17.0 Å². The number of benzene rings is 1. The van der Waals surface area contributed by atoms with Gasteiger partial charge in [0.1, 0.15) is 5.82 Å². The molecule has 7 nitrogen and oxygen atoms in total. The Morgan fingerprint density at radius 3 is 2.57 bits per heavy atom. The third kappa shape index (κ3) is 4.76. The van der Waals surface area contributed by atoms with Gasteiger partial charge >= 0.3 is 0 Å². The zero-order chi connectivity index (χ0) is 21.1. The fraction of sp³-hybridized carbons (Fsp3) is 0.409. The van der Waals surface area contributed by atoms with E-state index in [-0.39, 0.29) is 11.7 Å². The lowest BCUT2D eigenvalue weighted by Gasteiger charge is -2.31. The molecule has 1 aromatic carbocycles. The second-order valence-electron chi connectivity index (χ2n) is 7.99. The monoisotopic (exact) mass is 410 g/mol. The van der Waals surface area contributed by atoms with E-state index in [0.717, 1.165) is 44.6 Å². The second kappa shape index (κ2) is 8.79. The SMILES string of the molecule is Cn1cc(C(=O)Nc2ccc(F)cc2)c(CC2CCN(Cc3ccnn3C)CC2)n1. The van der Waals surface area contributed by atoms with E-state index in [2.05, 4.69) is 26.5 Å². The van der Waals surface area contributed by atoms with Crippen molar-refractivity contribution in [3.8, 4) is 0 Å². The molecule has 1 N–H and O–H groups in total. The highest BCUT2D eigenvalue weighted by molar-refractivity contribution is 6.04. The lowest BCUT2D eigenvalue weighted by molar-refractivity contribution is 0.102. The molecule has 158 valence electrons. The van der Waals surface area contributed by atoms with Crippen LogP contribution in [0.25, 0.3) is 0 Å². The first-order valence-corrected chi connectivity index (χ1v) is 10.3. The van der Waals surface area contributed by atoms with Crippen LogP contribution in [0.1, 0.15) is 34.6 Å². The third-order valence-corrected chi connectivity index (χ3v) is 5.75. The molecular weight excluding hydrogens is 383 g/mol. The van der Waals surface area contributed by atoms with Crippen LogP contribution in [0.5, 0.6) is 0 Å². The summed E-state index contributed by atoms with van der Waals surface area (Å²) in [5.41, 5.74) is 3.19. The Hall–Kier alpha value is -3.00. The number of anilines is 1. The molecule has 4 rings (SSSR count). The van der Waals surface area contributed by atoms with Crippen LogP contribution in [-0.2, 0) is 27.1 Å². The van der Waals surface area contributed by atoms with Gasteiger partial charge in [0.2, 0.25) is 0 Å². The first-order chi connectivity index (χ1) is 14.5. The smallest absolute Gasteiger partial charge is 0.259 e. The molecule has 0 spiro atoms. The predicted octanol–water partition coefficient (Wildman–Crippen LogP) is 3.00. The normalized spacial score (nSPS) is 15.4. The number of rotatable bonds is 6. The summed E-state index contributed by atoms with van der Waals surface area (Å²) in [6.45, 7) is 2.97. The van der Waals surface area contributed by atoms with Gasteiger partial charge in [0, 0.05) is 38.7 Å². The molecule has 1 aliphatic heterocycles. The van der Waals surface area contributed by atoms with E-state index in [1.807, 2.05) is 25.0 Å². The van der Waals surface area contributed by atoms with E-state index in [4.69, 9.17) is 0 Å². The van der Waals surface area contributed by atoms with E-state index in [0.29, 0.717) is 17.2 Å². The van der Waals surface area contributed by atoms with Gasteiger partial charge in [-0.1, -0.05) is 0 Å². The Morgan fingerprint density at radius 2 is 1.90 bits per heavy atom. The maximum Gasteiger partial charge on any atom is 0.259 e. The Kier molecular flexibility index (Phi) is 5.94. The number of hydrogen-bond donors (Lipinski definition) is 1. The summed E-state index contributed by atoms with van der Waals surface area (Å²) in [7, 11) is 3.80. The van der Waals surface area contributed by atoms with Crippen molar-refractivity contribution in [2.24, 2.45) is 20.0 Å². The summed E-state index contributed by atoms with van der Waals surface area (Å²) in [6, 6.07) is 7.84. The standard InChI is InChI=1S/C22H27FN6O/c1-27-15-20(22(30)25-18-5-3-17(23)4-6-18)21(26-27)13-16-8-11-29(12-9-16)14-19-7-10-24-28(19)2/h3-7,10,15-16H,8-9,11-14H2,1-2H3,(H,25,30). The van der Waals surface area contributed by atoms with Crippen molar-refractivity contribution >= 4 is 11.6 Å². The topological polar surface area (TPSA) is 68.0 Å². The minimum Gasteiger partial charge on any atom is -0.322 e. The van der Waals surface area contributed by atoms with Gasteiger partial charge in [-0.05, 0) is 68.6 Å². The van der Waals surface area contributed by atoms with Crippen LogP contribution in [0, 0.1) is 11.7 Å². The molecule has 0 radical (unpaired) electrons. The molecular formula is C22H27FN6O. The summed E-state index contributed by atoms with van der Waals surface area (Å²) in [5, 5.41) is 11.6. The van der Waals surface area contributed by atoms with Crippen molar-refractivity contribution in [3.63, 3.8) is 0 Å². The van der Waals surface area contributed by atoms with Crippen molar-refractivity contribution < 1.29 is 9.18 Å². The number of carbonyl (C=O) groups excluding carboxylic acids is 1. The lowest BCUT2D eigenvalue weighted by atomic mass is 9.91. The van der Waals surface area contributed by atoms with Crippen molar-refractivity contribution in [3.05, 3.63) is 65.5 Å². The van der Waals surface area contributed by atoms with Crippen LogP contribution in [0.4, 0.5) is 10.1 Å². The highest BCUT2D eigenvalue weighted by Crippen LogP contribution is 2.24. The maximum absolute atomic E-state index is 13.1. The number of hydrogen-bond acceptors (Lipinski definition) is 4. The fourth-order valence-electron chi connectivity index (χ4n) is 4.01. The van der Waals surface area contributed by atoms with Crippen molar-refractivity contribution in [1.82, 2.24) is 24.5 Å². The molecule has 1 saturated heterocycles. The summed E-state index contributed by atoms with van der Waals surface area (Å²) in [6.07, 6.45) is 6.53. The van der Waals surface area contributed by atoms with Gasteiger partial charge in [0.15, 0.2) is 0 Å². The molecule has 8 heteroatoms. The number of aryl methyl sites for hydroxylation is 2. The molecule has 3 heterocycles. The van der Waals surface area contributed by atoms with Crippen molar-refractivity contribution in [2.75, 3.05) is 18.4 Å². The van der Waals surface area contributed by atoms with Crippen LogP contribution in [0.2, 0.25) is 0 Å². The van der Waals surface area contributed by atoms with Gasteiger partial charge in [-0.2, -0.15) is 10.2 Å². The highest BCUT2D eigenvalue weighted by Gasteiger charge is 2.24. The van der Waals surface area contributed by atoms with E-state index in [1.54, 1.807) is 23.0 Å². The minimum atomic E-state index is -0.329. The van der Waals surface area contributed by atoms with E-state index < -0.39 is 0 Å². The number of nitrogens with one attached hydrogen (secondary N) is 1. The number of halogens is 1. The van der Waals surface area contributed by atoms with E-state index in [9.17, 15) is 9.18 Å². The molecule has 0 bridgehead atoms. The van der Waals surface area contributed by atoms with E-state index >= 15 is 0 Å². The summed E-state index contributed by atoms with van der Waals surface area (Å²) in [5.74, 6) is -0.0387. The number of likely N-dealkylation sites (tertiary alicyclic amines) is 1. The van der Waals surface area contributed by atoms with Gasteiger partial charge in [-0.25, -0.2) is 4.39 Å². The fourth-order valence-corrected chi connectivity index (χ4v) is 4.01. The van der Waals surface area contributed by atoms with E-state index in [1.165, 1.54) is 17.8 Å². The first-order valence-electron chi connectivity index (χ1n) is 10.3. The molecule has 1 aliphatic rings.